The Hall–Kier alpha value is -2.08. The molecule has 2 rings (SSSR count). The van der Waals surface area contributed by atoms with Gasteiger partial charge in [0.15, 0.2) is 5.96 Å². The SMILES string of the molecule is CCNC(=NCC1CCCOC1C(C)(C)C)NCCNC(=O)c1ccccc1. The fourth-order valence-electron chi connectivity index (χ4n) is 3.59. The van der Waals surface area contributed by atoms with Crippen molar-refractivity contribution in [3.05, 3.63) is 35.9 Å². The molecule has 1 aliphatic heterocycles. The van der Waals surface area contributed by atoms with Crippen LogP contribution in [0.3, 0.4) is 0 Å². The first-order valence-electron chi connectivity index (χ1n) is 10.4. The number of hydrogen-bond donors (Lipinski definition) is 3. The normalized spacial score (nSPS) is 20.5. The van der Waals surface area contributed by atoms with Crippen LogP contribution in [0.5, 0.6) is 0 Å². The summed E-state index contributed by atoms with van der Waals surface area (Å²) in [5.41, 5.74) is 0.794. The van der Waals surface area contributed by atoms with Gasteiger partial charge in [-0.25, -0.2) is 0 Å². The smallest absolute Gasteiger partial charge is 0.251 e. The Balaban J connectivity index is 1.82. The number of nitrogens with one attached hydrogen (secondary N) is 3. The second-order valence-corrected chi connectivity index (χ2v) is 8.33. The molecule has 0 saturated carbocycles. The molecule has 0 radical (unpaired) electrons. The molecule has 1 amide bonds. The second-order valence-electron chi connectivity index (χ2n) is 8.33. The summed E-state index contributed by atoms with van der Waals surface area (Å²) in [4.78, 5) is 16.9. The lowest BCUT2D eigenvalue weighted by Crippen LogP contribution is -2.44. The molecule has 0 spiro atoms. The van der Waals surface area contributed by atoms with Gasteiger partial charge >= 0.3 is 0 Å². The molecule has 0 bridgehead atoms. The Morgan fingerprint density at radius 1 is 1.14 bits per heavy atom. The third-order valence-corrected chi connectivity index (χ3v) is 4.87. The molecular weight excluding hydrogens is 352 g/mol. The summed E-state index contributed by atoms with van der Waals surface area (Å²) >= 11 is 0. The van der Waals surface area contributed by atoms with Gasteiger partial charge < -0.3 is 20.7 Å². The van der Waals surface area contributed by atoms with E-state index in [0.29, 0.717) is 24.6 Å². The van der Waals surface area contributed by atoms with Crippen LogP contribution in [-0.4, -0.2) is 50.8 Å². The number of hydrogen-bond acceptors (Lipinski definition) is 3. The molecule has 6 heteroatoms. The molecule has 1 aromatic carbocycles. The second kappa shape index (κ2) is 11.1. The highest BCUT2D eigenvalue weighted by molar-refractivity contribution is 5.94. The van der Waals surface area contributed by atoms with E-state index in [4.69, 9.17) is 9.73 Å². The van der Waals surface area contributed by atoms with Gasteiger partial charge in [0.2, 0.25) is 0 Å². The van der Waals surface area contributed by atoms with Crippen LogP contribution in [0, 0.1) is 11.3 Å². The topological polar surface area (TPSA) is 74.8 Å². The third-order valence-electron chi connectivity index (χ3n) is 4.87. The Labute approximate surface area is 169 Å². The number of aliphatic imine (C=N–C) groups is 1. The first kappa shape index (κ1) is 22.2. The van der Waals surface area contributed by atoms with Crippen LogP contribution in [0.2, 0.25) is 0 Å². The van der Waals surface area contributed by atoms with Crippen LogP contribution in [0.4, 0.5) is 0 Å². The van der Waals surface area contributed by atoms with Crippen LogP contribution < -0.4 is 16.0 Å². The maximum Gasteiger partial charge on any atom is 0.251 e. The van der Waals surface area contributed by atoms with Crippen LogP contribution in [-0.2, 0) is 4.74 Å². The van der Waals surface area contributed by atoms with Crippen molar-refractivity contribution in [2.75, 3.05) is 32.8 Å². The monoisotopic (exact) mass is 388 g/mol. The molecule has 2 atom stereocenters. The molecule has 1 heterocycles. The number of nitrogens with zero attached hydrogens (tertiary/aromatic N) is 1. The largest absolute Gasteiger partial charge is 0.377 e. The van der Waals surface area contributed by atoms with Crippen LogP contribution in [0.25, 0.3) is 0 Å². The Kier molecular flexibility index (Phi) is 8.77. The molecule has 1 aromatic rings. The summed E-state index contributed by atoms with van der Waals surface area (Å²) in [7, 11) is 0. The third kappa shape index (κ3) is 7.15. The van der Waals surface area contributed by atoms with E-state index in [0.717, 1.165) is 38.5 Å². The zero-order chi connectivity index (χ0) is 20.4. The Morgan fingerprint density at radius 2 is 1.86 bits per heavy atom. The van der Waals surface area contributed by atoms with Crippen molar-refractivity contribution < 1.29 is 9.53 Å². The minimum Gasteiger partial charge on any atom is -0.377 e. The fraction of sp³-hybridized carbons (Fsp3) is 0.636. The Bertz CT molecular complexity index is 625. The lowest BCUT2D eigenvalue weighted by molar-refractivity contribution is -0.0823. The molecule has 3 N–H and O–H groups in total. The lowest BCUT2D eigenvalue weighted by Gasteiger charge is -2.39. The van der Waals surface area contributed by atoms with E-state index in [1.54, 1.807) is 0 Å². The van der Waals surface area contributed by atoms with Gasteiger partial charge in [-0.15, -0.1) is 0 Å². The van der Waals surface area contributed by atoms with Gasteiger partial charge in [-0.3, -0.25) is 9.79 Å². The number of carbonyl (C=O) groups is 1. The first-order chi connectivity index (χ1) is 13.4. The van der Waals surface area contributed by atoms with Gasteiger partial charge in [-0.05, 0) is 37.3 Å². The number of guanidine groups is 1. The van der Waals surface area contributed by atoms with Crippen LogP contribution in [0.15, 0.2) is 35.3 Å². The molecule has 2 unspecified atom stereocenters. The van der Waals surface area contributed by atoms with E-state index in [9.17, 15) is 4.79 Å². The van der Waals surface area contributed by atoms with Crippen molar-refractivity contribution in [3.63, 3.8) is 0 Å². The Morgan fingerprint density at radius 3 is 2.54 bits per heavy atom. The van der Waals surface area contributed by atoms with Crippen molar-refractivity contribution in [3.8, 4) is 0 Å². The highest BCUT2D eigenvalue weighted by Gasteiger charge is 2.35. The van der Waals surface area contributed by atoms with Gasteiger partial charge in [0.25, 0.3) is 5.91 Å². The average molecular weight is 389 g/mol. The number of benzene rings is 1. The first-order valence-corrected chi connectivity index (χ1v) is 10.4. The van der Waals surface area contributed by atoms with Crippen LogP contribution >= 0.6 is 0 Å². The van der Waals surface area contributed by atoms with Gasteiger partial charge in [0.05, 0.1) is 6.10 Å². The van der Waals surface area contributed by atoms with Crippen LogP contribution in [0.1, 0.15) is 50.9 Å². The maximum atomic E-state index is 12.1. The van der Waals surface area contributed by atoms with Crippen molar-refractivity contribution >= 4 is 11.9 Å². The van der Waals surface area contributed by atoms with E-state index < -0.39 is 0 Å². The predicted octanol–water partition coefficient (Wildman–Crippen LogP) is 2.81. The minimum atomic E-state index is -0.0586. The fourth-order valence-corrected chi connectivity index (χ4v) is 3.59. The van der Waals surface area contributed by atoms with E-state index in [1.807, 2.05) is 30.3 Å². The molecule has 28 heavy (non-hydrogen) atoms. The molecule has 1 aliphatic rings. The van der Waals surface area contributed by atoms with Crippen molar-refractivity contribution in [1.82, 2.24) is 16.0 Å². The number of rotatable bonds is 7. The summed E-state index contributed by atoms with van der Waals surface area (Å²) in [6.07, 6.45) is 2.48. The number of ether oxygens (including phenoxy) is 1. The van der Waals surface area contributed by atoms with Gasteiger partial charge in [0.1, 0.15) is 0 Å². The van der Waals surface area contributed by atoms with E-state index in [-0.39, 0.29) is 17.4 Å². The van der Waals surface area contributed by atoms with E-state index >= 15 is 0 Å². The average Bonchev–Trinajstić information content (AvgIpc) is 2.69. The highest BCUT2D eigenvalue weighted by Crippen LogP contribution is 2.34. The standard InChI is InChI=1S/C22H36N4O2/c1-5-23-21(25-14-13-24-20(27)17-10-7-6-8-11-17)26-16-18-12-9-15-28-19(18)22(2,3)4/h6-8,10-11,18-19H,5,9,12-16H2,1-4H3,(H,24,27)(H2,23,25,26). The lowest BCUT2D eigenvalue weighted by atomic mass is 9.78. The van der Waals surface area contributed by atoms with Crippen molar-refractivity contribution in [2.45, 2.75) is 46.6 Å². The van der Waals surface area contributed by atoms with Crippen molar-refractivity contribution in [2.24, 2.45) is 16.3 Å². The predicted molar refractivity (Wildman–Crippen MR) is 115 cm³/mol. The van der Waals surface area contributed by atoms with Gasteiger partial charge in [-0.1, -0.05) is 39.0 Å². The summed E-state index contributed by atoms with van der Waals surface area (Å²) in [5.74, 6) is 1.16. The summed E-state index contributed by atoms with van der Waals surface area (Å²) in [6.45, 7) is 12.3. The summed E-state index contributed by atoms with van der Waals surface area (Å²) < 4.78 is 6.06. The number of carbonyl (C=O) groups excluding carboxylic acids is 1. The number of amides is 1. The molecule has 1 fully saturated rings. The van der Waals surface area contributed by atoms with E-state index in [2.05, 4.69) is 43.6 Å². The zero-order valence-corrected chi connectivity index (χ0v) is 17.8. The van der Waals surface area contributed by atoms with Gasteiger partial charge in [-0.2, -0.15) is 0 Å². The summed E-state index contributed by atoms with van der Waals surface area (Å²) in [6, 6.07) is 9.25. The molecule has 6 nitrogen and oxygen atoms in total. The van der Waals surface area contributed by atoms with Gasteiger partial charge in [0, 0.05) is 44.3 Å². The minimum absolute atomic E-state index is 0.0586. The summed E-state index contributed by atoms with van der Waals surface area (Å²) in [5, 5.41) is 9.51. The zero-order valence-electron chi connectivity index (χ0n) is 17.8. The van der Waals surface area contributed by atoms with E-state index in [1.165, 1.54) is 0 Å². The molecular formula is C22H36N4O2. The quantitative estimate of drug-likeness (QED) is 0.381. The molecule has 156 valence electrons. The highest BCUT2D eigenvalue weighted by atomic mass is 16.5. The molecule has 0 aromatic heterocycles. The molecule has 1 saturated heterocycles. The van der Waals surface area contributed by atoms with Crippen molar-refractivity contribution in [1.29, 1.82) is 0 Å². The maximum absolute atomic E-state index is 12.1. The molecule has 0 aliphatic carbocycles.